The number of aromatic nitrogens is 4. The lowest BCUT2D eigenvalue weighted by Crippen LogP contribution is -2.19. The van der Waals surface area contributed by atoms with E-state index in [4.69, 9.17) is 4.74 Å². The lowest BCUT2D eigenvalue weighted by Gasteiger charge is -2.10. The third kappa shape index (κ3) is 6.03. The van der Waals surface area contributed by atoms with Gasteiger partial charge >= 0.3 is 5.97 Å². The summed E-state index contributed by atoms with van der Waals surface area (Å²) in [6.07, 6.45) is 0. The van der Waals surface area contributed by atoms with Gasteiger partial charge in [-0.05, 0) is 82.9 Å². The number of hydrogen-bond acceptors (Lipinski definition) is 3. The molecule has 9 rings (SSSR count). The number of aromatic amines is 4. The van der Waals surface area contributed by atoms with Gasteiger partial charge in [0.1, 0.15) is 5.75 Å². The molecule has 1 aliphatic heterocycles. The van der Waals surface area contributed by atoms with Crippen LogP contribution >= 0.6 is 0 Å². The van der Waals surface area contributed by atoms with Crippen LogP contribution in [-0.2, 0) is 9.59 Å². The highest BCUT2D eigenvalue weighted by atomic mass is 16.5. The van der Waals surface area contributed by atoms with Gasteiger partial charge in [0, 0.05) is 73.4 Å². The Morgan fingerprint density at radius 2 is 0.685 bits per heavy atom. The Balaban J connectivity index is 1.37. The fourth-order valence-corrected chi connectivity index (χ4v) is 7.25. The Morgan fingerprint density at radius 1 is 0.370 bits per heavy atom. The van der Waals surface area contributed by atoms with Crippen LogP contribution in [0.4, 0.5) is 0 Å². The summed E-state index contributed by atoms with van der Waals surface area (Å²) in [7, 11) is 0. The van der Waals surface area contributed by atoms with Crippen molar-refractivity contribution in [3.8, 4) is 5.75 Å². The number of nitrogens with one attached hydrogen (secondary N) is 4. The van der Waals surface area contributed by atoms with Crippen molar-refractivity contribution in [1.82, 2.24) is 19.9 Å². The standard InChI is InChI=1S/C47H34N4O3/c1-29(52)47(53)54-34-19-17-33(18-20-34)46-41-27-25-39(50-41)44(31-13-7-3-8-14-31)37-23-21-35(48-37)43(30-11-5-2-6-12-30)36-22-24-38(49-36)45(32-15-9-4-10-16-32)40-26-28-42(46)51-40/h2-28,48-51H,1H3. The minimum atomic E-state index is -0.899. The summed E-state index contributed by atoms with van der Waals surface area (Å²) in [6.45, 7) is 1.20. The molecule has 4 aromatic heterocycles. The van der Waals surface area contributed by atoms with Gasteiger partial charge in [0.25, 0.3) is 0 Å². The van der Waals surface area contributed by atoms with Crippen molar-refractivity contribution in [3.05, 3.63) is 230 Å². The summed E-state index contributed by atoms with van der Waals surface area (Å²) in [4.78, 5) is 38.8. The molecule has 0 radical (unpaired) electrons. The minimum Gasteiger partial charge on any atom is -0.421 e. The molecule has 7 heteroatoms. The number of H-pyrrole nitrogens is 4. The van der Waals surface area contributed by atoms with Crippen LogP contribution in [0.5, 0.6) is 5.75 Å². The van der Waals surface area contributed by atoms with E-state index in [0.29, 0.717) is 5.75 Å². The number of esters is 1. The Hall–Kier alpha value is -7.38. The van der Waals surface area contributed by atoms with Gasteiger partial charge in [-0.3, -0.25) is 4.79 Å². The van der Waals surface area contributed by atoms with Crippen LogP contribution in [0.25, 0.3) is 22.3 Å². The Bertz CT molecular complexity index is 2930. The first kappa shape index (κ1) is 32.5. The van der Waals surface area contributed by atoms with E-state index in [1.807, 2.05) is 30.3 Å². The summed E-state index contributed by atoms with van der Waals surface area (Å²) >= 11 is 0. The van der Waals surface area contributed by atoms with Crippen molar-refractivity contribution in [2.24, 2.45) is 0 Å². The number of rotatable bonds is 6. The molecule has 0 unspecified atom stereocenters. The lowest BCUT2D eigenvalue weighted by molar-refractivity contribution is -0.146. The van der Waals surface area contributed by atoms with Crippen LogP contribution in [0.15, 0.2) is 164 Å². The smallest absolute Gasteiger partial charge is 0.379 e. The maximum atomic E-state index is 12.1. The van der Waals surface area contributed by atoms with Crippen LogP contribution in [-0.4, -0.2) is 31.7 Å². The summed E-state index contributed by atoms with van der Waals surface area (Å²) in [6, 6.07) is 55.4. The van der Waals surface area contributed by atoms with Crippen LogP contribution in [0.3, 0.4) is 0 Å². The molecule has 0 aliphatic carbocycles. The van der Waals surface area contributed by atoms with Gasteiger partial charge in [-0.1, -0.05) is 103 Å². The Labute approximate surface area is 310 Å². The fourth-order valence-electron chi connectivity index (χ4n) is 7.25. The normalized spacial score (nSPS) is 12.5. The largest absolute Gasteiger partial charge is 0.421 e. The molecule has 8 aromatic rings. The molecule has 54 heavy (non-hydrogen) atoms. The van der Waals surface area contributed by atoms with Gasteiger partial charge < -0.3 is 24.7 Å². The monoisotopic (exact) mass is 702 g/mol. The predicted octanol–water partition coefficient (Wildman–Crippen LogP) is 5.80. The van der Waals surface area contributed by atoms with Gasteiger partial charge in [0.15, 0.2) is 0 Å². The molecule has 1 aliphatic rings. The summed E-state index contributed by atoms with van der Waals surface area (Å²) in [5.74, 6) is -1.26. The maximum Gasteiger partial charge on any atom is 0.379 e. The van der Waals surface area contributed by atoms with E-state index in [-0.39, 0.29) is 0 Å². The zero-order chi connectivity index (χ0) is 36.6. The number of hydrogen-bond donors (Lipinski definition) is 4. The van der Waals surface area contributed by atoms with Gasteiger partial charge in [0.2, 0.25) is 5.78 Å². The predicted molar refractivity (Wildman–Crippen MR) is 210 cm³/mol. The number of carbonyl (C=O) groups is 2. The summed E-state index contributed by atoms with van der Waals surface area (Å²) < 4.78 is 5.29. The van der Waals surface area contributed by atoms with Crippen molar-refractivity contribution in [3.63, 3.8) is 0 Å². The van der Waals surface area contributed by atoms with E-state index < -0.39 is 11.8 Å². The lowest BCUT2D eigenvalue weighted by atomic mass is 10.0. The van der Waals surface area contributed by atoms with Gasteiger partial charge in [-0.15, -0.1) is 0 Å². The molecule has 260 valence electrons. The highest BCUT2D eigenvalue weighted by Crippen LogP contribution is 2.28. The zero-order valence-electron chi connectivity index (χ0n) is 29.3. The highest BCUT2D eigenvalue weighted by molar-refractivity contribution is 6.33. The second kappa shape index (κ2) is 13.6. The van der Waals surface area contributed by atoms with Crippen LogP contribution in [0.2, 0.25) is 0 Å². The number of fused-ring (bicyclic) bond motifs is 8. The molecule has 0 saturated heterocycles. The molecule has 0 spiro atoms. The number of benzene rings is 4. The summed E-state index contributed by atoms with van der Waals surface area (Å²) in [5.41, 5.74) is 11.9. The zero-order valence-corrected chi connectivity index (χ0v) is 29.3. The molecule has 4 aromatic carbocycles. The van der Waals surface area contributed by atoms with E-state index in [1.165, 1.54) is 6.92 Å². The number of ketones is 1. The molecule has 4 N–H and O–H groups in total. The molecule has 0 fully saturated rings. The Kier molecular flexibility index (Phi) is 8.21. The molecule has 5 heterocycles. The average Bonchev–Trinajstić information content (AvgIpc) is 4.05. The van der Waals surface area contributed by atoms with Gasteiger partial charge in [-0.25, -0.2) is 4.79 Å². The molecular formula is C47H34N4O3. The van der Waals surface area contributed by atoms with E-state index in [2.05, 4.69) is 141 Å². The topological polar surface area (TPSA) is 107 Å². The molecule has 0 atom stereocenters. The molecule has 8 bridgehead atoms. The molecule has 0 saturated carbocycles. The van der Waals surface area contributed by atoms with Crippen LogP contribution < -0.4 is 26.1 Å². The minimum absolute atomic E-state index is 0.295. The van der Waals surface area contributed by atoms with Crippen molar-refractivity contribution < 1.29 is 14.3 Å². The average molecular weight is 703 g/mol. The SMILES string of the molecule is CC(=O)C(=O)Oc1ccc(C2=c3ccc([nH]3)=C(c3ccccc3)c3ccc([nH]3)C(c3ccccc3)=c3ccc([nH]3)=C(c3ccccc3)c3ccc2[nH]3)cc1. The van der Waals surface area contributed by atoms with Crippen LogP contribution in [0.1, 0.15) is 52.0 Å². The third-order valence-corrected chi connectivity index (χ3v) is 9.73. The number of ether oxygens (including phenoxy) is 1. The quantitative estimate of drug-likeness (QED) is 0.100. The number of carbonyl (C=O) groups excluding carboxylic acids is 2. The third-order valence-electron chi connectivity index (χ3n) is 9.73. The van der Waals surface area contributed by atoms with Crippen molar-refractivity contribution in [2.45, 2.75) is 6.92 Å². The fraction of sp³-hybridized carbons (Fsp3) is 0.0213. The van der Waals surface area contributed by atoms with Gasteiger partial charge in [0.05, 0.1) is 0 Å². The van der Waals surface area contributed by atoms with E-state index in [1.54, 1.807) is 12.1 Å². The first-order valence-electron chi connectivity index (χ1n) is 17.8. The van der Waals surface area contributed by atoms with E-state index >= 15 is 0 Å². The van der Waals surface area contributed by atoms with Crippen molar-refractivity contribution in [2.75, 3.05) is 0 Å². The van der Waals surface area contributed by atoms with E-state index in [0.717, 1.165) is 88.7 Å². The second-order valence-electron chi connectivity index (χ2n) is 13.2. The molecule has 7 nitrogen and oxygen atoms in total. The summed E-state index contributed by atoms with van der Waals surface area (Å²) in [5, 5.41) is 3.78. The highest BCUT2D eigenvalue weighted by Gasteiger charge is 2.18. The first-order valence-corrected chi connectivity index (χ1v) is 17.8. The van der Waals surface area contributed by atoms with Crippen molar-refractivity contribution >= 4 is 34.0 Å². The number of Topliss-reactive ketones (excluding diaryl/α,β-unsaturated/α-hetero) is 1. The maximum absolute atomic E-state index is 12.1. The molecular weight excluding hydrogens is 669 g/mol. The molecule has 0 amide bonds. The second-order valence-corrected chi connectivity index (χ2v) is 13.2. The van der Waals surface area contributed by atoms with Gasteiger partial charge in [-0.2, -0.15) is 0 Å². The van der Waals surface area contributed by atoms with Crippen LogP contribution in [0, 0.1) is 0 Å². The first-order chi connectivity index (χ1) is 26.5. The van der Waals surface area contributed by atoms with E-state index in [9.17, 15) is 9.59 Å². The van der Waals surface area contributed by atoms with Crippen molar-refractivity contribution in [1.29, 1.82) is 0 Å². The Morgan fingerprint density at radius 3 is 1.00 bits per heavy atom.